The molecule has 5 nitrogen and oxygen atoms in total. The summed E-state index contributed by atoms with van der Waals surface area (Å²) in [5, 5.41) is 7.50. The normalized spacial score (nSPS) is 16.8. The summed E-state index contributed by atoms with van der Waals surface area (Å²) >= 11 is 5.57. The molecule has 2 aromatic rings. The fourth-order valence-electron chi connectivity index (χ4n) is 3.75. The van der Waals surface area contributed by atoms with Gasteiger partial charge in [-0.25, -0.2) is 0 Å². The molecule has 0 bridgehead atoms. The summed E-state index contributed by atoms with van der Waals surface area (Å²) < 4.78 is 10.8. The van der Waals surface area contributed by atoms with Crippen LogP contribution in [-0.4, -0.2) is 44.6 Å². The smallest absolute Gasteiger partial charge is 0.167 e. The van der Waals surface area contributed by atoms with E-state index in [9.17, 15) is 0 Å². The van der Waals surface area contributed by atoms with Crippen molar-refractivity contribution < 1.29 is 14.4 Å². The third-order valence-corrected chi connectivity index (χ3v) is 5.47. The van der Waals surface area contributed by atoms with Crippen LogP contribution in [0.15, 0.2) is 54.6 Å². The number of quaternary nitrogens is 1. The number of rotatable bonds is 7. The van der Waals surface area contributed by atoms with Gasteiger partial charge in [-0.2, -0.15) is 0 Å². The van der Waals surface area contributed by atoms with E-state index < -0.39 is 0 Å². The summed E-state index contributed by atoms with van der Waals surface area (Å²) in [6.45, 7) is 6.54. The fraction of sp³-hybridized carbons (Fsp3) is 0.409. The highest BCUT2D eigenvalue weighted by Crippen LogP contribution is 2.14. The van der Waals surface area contributed by atoms with Crippen molar-refractivity contribution in [1.82, 2.24) is 10.6 Å². The molecule has 3 rings (SSSR count). The van der Waals surface area contributed by atoms with Gasteiger partial charge in [0.1, 0.15) is 24.9 Å². The molecule has 1 aliphatic rings. The van der Waals surface area contributed by atoms with Gasteiger partial charge in [0.05, 0.1) is 26.4 Å². The van der Waals surface area contributed by atoms with Crippen molar-refractivity contribution in [2.24, 2.45) is 0 Å². The van der Waals surface area contributed by atoms with Crippen LogP contribution in [0.3, 0.4) is 0 Å². The van der Waals surface area contributed by atoms with E-state index in [1.807, 2.05) is 24.3 Å². The van der Waals surface area contributed by atoms with Crippen molar-refractivity contribution in [1.29, 1.82) is 0 Å². The molecule has 0 amide bonds. The molecule has 28 heavy (non-hydrogen) atoms. The Kier molecular flexibility index (Phi) is 7.65. The van der Waals surface area contributed by atoms with Gasteiger partial charge in [-0.15, -0.1) is 0 Å². The first kappa shape index (κ1) is 20.6. The van der Waals surface area contributed by atoms with E-state index in [-0.39, 0.29) is 6.04 Å². The minimum absolute atomic E-state index is 0.200. The zero-order valence-electron chi connectivity index (χ0n) is 16.6. The molecule has 3 N–H and O–H groups in total. The minimum atomic E-state index is 0.200. The van der Waals surface area contributed by atoms with Crippen LogP contribution in [0.1, 0.15) is 24.1 Å². The van der Waals surface area contributed by atoms with Crippen molar-refractivity contribution in [3.63, 3.8) is 0 Å². The number of hydrogen-bond donors (Lipinski definition) is 3. The Morgan fingerprint density at radius 2 is 1.79 bits per heavy atom. The number of nitrogens with one attached hydrogen (secondary N) is 3. The van der Waals surface area contributed by atoms with E-state index in [1.54, 1.807) is 7.11 Å². The second-order valence-corrected chi connectivity index (χ2v) is 7.53. The van der Waals surface area contributed by atoms with Gasteiger partial charge in [0.15, 0.2) is 5.11 Å². The quantitative estimate of drug-likeness (QED) is 0.618. The van der Waals surface area contributed by atoms with Gasteiger partial charge in [0.2, 0.25) is 0 Å². The monoisotopic (exact) mass is 400 g/mol. The third-order valence-electron chi connectivity index (χ3n) is 5.20. The maximum atomic E-state index is 5.57. The molecular formula is C22H30N3O2S+. The summed E-state index contributed by atoms with van der Waals surface area (Å²) in [6, 6.07) is 19.2. The molecule has 0 saturated carbocycles. The number of benzene rings is 2. The maximum absolute atomic E-state index is 5.57. The minimum Gasteiger partial charge on any atom is -0.497 e. The molecular weight excluding hydrogens is 370 g/mol. The Hall–Kier alpha value is -2.15. The van der Waals surface area contributed by atoms with Crippen molar-refractivity contribution in [2.45, 2.75) is 25.6 Å². The van der Waals surface area contributed by atoms with Crippen LogP contribution in [-0.2, 0) is 11.3 Å². The Bertz CT molecular complexity index is 733. The maximum Gasteiger partial charge on any atom is 0.167 e. The first-order valence-corrected chi connectivity index (χ1v) is 10.2. The van der Waals surface area contributed by atoms with Crippen LogP contribution in [0.25, 0.3) is 0 Å². The second-order valence-electron chi connectivity index (χ2n) is 7.12. The summed E-state index contributed by atoms with van der Waals surface area (Å²) in [5.41, 5.74) is 2.49. The predicted octanol–water partition coefficient (Wildman–Crippen LogP) is 1.70. The van der Waals surface area contributed by atoms with Crippen LogP contribution >= 0.6 is 12.2 Å². The molecule has 0 radical (unpaired) electrons. The highest BCUT2D eigenvalue weighted by molar-refractivity contribution is 7.80. The fourth-order valence-corrected chi connectivity index (χ4v) is 4.01. The SMILES string of the molecule is COc1ccc(CNC(=S)N[C@H](C)[C@H](c2ccccc2)[NH+]2CCOCC2)cc1. The van der Waals surface area contributed by atoms with E-state index in [4.69, 9.17) is 21.7 Å². The van der Waals surface area contributed by atoms with Crippen molar-refractivity contribution in [3.05, 3.63) is 65.7 Å². The van der Waals surface area contributed by atoms with Gasteiger partial charge in [-0.05, 0) is 36.8 Å². The Morgan fingerprint density at radius 1 is 1.11 bits per heavy atom. The van der Waals surface area contributed by atoms with E-state index in [2.05, 4.69) is 47.9 Å². The first-order valence-electron chi connectivity index (χ1n) is 9.82. The molecule has 6 heteroatoms. The third kappa shape index (κ3) is 5.67. The molecule has 0 aliphatic carbocycles. The molecule has 1 aliphatic heterocycles. The van der Waals surface area contributed by atoms with Crippen molar-refractivity contribution in [2.75, 3.05) is 33.4 Å². The van der Waals surface area contributed by atoms with E-state index in [0.717, 1.165) is 37.6 Å². The first-order chi connectivity index (χ1) is 13.7. The largest absolute Gasteiger partial charge is 0.497 e. The van der Waals surface area contributed by atoms with Gasteiger partial charge in [-0.3, -0.25) is 0 Å². The molecule has 1 heterocycles. The number of thiocarbonyl (C=S) groups is 1. The molecule has 1 fully saturated rings. The second kappa shape index (κ2) is 10.4. The van der Waals surface area contributed by atoms with E-state index in [1.165, 1.54) is 10.5 Å². The lowest BCUT2D eigenvalue weighted by atomic mass is 9.98. The lowest BCUT2D eigenvalue weighted by Gasteiger charge is -2.35. The Labute approximate surface area is 173 Å². The number of methoxy groups -OCH3 is 1. The van der Waals surface area contributed by atoms with Crippen molar-refractivity contribution >= 4 is 17.3 Å². The highest BCUT2D eigenvalue weighted by atomic mass is 32.1. The molecule has 150 valence electrons. The van der Waals surface area contributed by atoms with Crippen LogP contribution in [0.5, 0.6) is 5.75 Å². The van der Waals surface area contributed by atoms with Crippen LogP contribution in [0.4, 0.5) is 0 Å². The lowest BCUT2D eigenvalue weighted by Crippen LogP contribution is -3.15. The van der Waals surface area contributed by atoms with Crippen LogP contribution < -0.4 is 20.3 Å². The molecule has 0 unspecified atom stereocenters. The molecule has 2 atom stereocenters. The standard InChI is InChI=1S/C22H29N3O2S/c1-17(24-22(28)23-16-18-8-10-20(26-2)11-9-18)21(19-6-4-3-5-7-19)25-12-14-27-15-13-25/h3-11,17,21H,12-16H2,1-2H3,(H2,23,24,28)/p+1/t17-,21-/m1/s1. The Morgan fingerprint density at radius 3 is 2.43 bits per heavy atom. The van der Waals surface area contributed by atoms with Gasteiger partial charge < -0.3 is 25.0 Å². The summed E-state index contributed by atoms with van der Waals surface area (Å²) in [4.78, 5) is 1.54. The summed E-state index contributed by atoms with van der Waals surface area (Å²) in [7, 11) is 1.67. The van der Waals surface area contributed by atoms with Crippen LogP contribution in [0.2, 0.25) is 0 Å². The molecule has 0 aromatic heterocycles. The van der Waals surface area contributed by atoms with E-state index >= 15 is 0 Å². The van der Waals surface area contributed by atoms with Crippen molar-refractivity contribution in [3.8, 4) is 5.75 Å². The topological polar surface area (TPSA) is 47.0 Å². The zero-order valence-corrected chi connectivity index (χ0v) is 17.4. The number of hydrogen-bond acceptors (Lipinski definition) is 3. The number of ether oxygens (including phenoxy) is 2. The van der Waals surface area contributed by atoms with Gasteiger partial charge >= 0.3 is 0 Å². The van der Waals surface area contributed by atoms with Gasteiger partial charge in [0, 0.05) is 12.1 Å². The number of morpholine rings is 1. The lowest BCUT2D eigenvalue weighted by molar-refractivity contribution is -0.940. The van der Waals surface area contributed by atoms with Gasteiger partial charge in [-0.1, -0.05) is 42.5 Å². The molecule has 0 spiro atoms. The molecule has 2 aromatic carbocycles. The zero-order chi connectivity index (χ0) is 19.8. The summed E-state index contributed by atoms with van der Waals surface area (Å²) in [5.74, 6) is 0.859. The summed E-state index contributed by atoms with van der Waals surface area (Å²) in [6.07, 6.45) is 0. The average molecular weight is 401 g/mol. The van der Waals surface area contributed by atoms with E-state index in [0.29, 0.717) is 17.7 Å². The van der Waals surface area contributed by atoms with Crippen LogP contribution in [0, 0.1) is 0 Å². The predicted molar refractivity (Wildman–Crippen MR) is 116 cm³/mol. The average Bonchev–Trinajstić information content (AvgIpc) is 2.74. The molecule has 1 saturated heterocycles. The Balaban J connectivity index is 1.60. The highest BCUT2D eigenvalue weighted by Gasteiger charge is 2.31. The van der Waals surface area contributed by atoms with Gasteiger partial charge in [0.25, 0.3) is 0 Å².